The highest BCUT2D eigenvalue weighted by atomic mass is 16.7. The van der Waals surface area contributed by atoms with Crippen LogP contribution < -0.4 is 0 Å². The smallest absolute Gasteiger partial charge is 0.184 e. The highest BCUT2D eigenvalue weighted by Gasteiger charge is 2.41. The molecule has 2 unspecified atom stereocenters. The first-order valence-corrected chi connectivity index (χ1v) is 5.95. The Morgan fingerprint density at radius 2 is 1.84 bits per heavy atom. The second-order valence-corrected chi connectivity index (χ2v) is 4.40. The third kappa shape index (κ3) is 3.32. The van der Waals surface area contributed by atoms with Gasteiger partial charge < -0.3 is 24.8 Å². The van der Waals surface area contributed by atoms with Crippen molar-refractivity contribution in [2.45, 2.75) is 31.2 Å². The van der Waals surface area contributed by atoms with Gasteiger partial charge in [0.05, 0.1) is 13.2 Å². The summed E-state index contributed by atoms with van der Waals surface area (Å²) in [7, 11) is 0. The molecule has 0 bridgehead atoms. The monoisotopic (exact) mass is 264 g/mol. The summed E-state index contributed by atoms with van der Waals surface area (Å²) in [5.74, 6) is 2.52. The Bertz CT molecular complexity index is 450. The van der Waals surface area contributed by atoms with Gasteiger partial charge in [0.1, 0.15) is 18.3 Å². The lowest BCUT2D eigenvalue weighted by Gasteiger charge is -2.14. The highest BCUT2D eigenvalue weighted by Crippen LogP contribution is 2.20. The van der Waals surface area contributed by atoms with Crippen molar-refractivity contribution in [1.82, 2.24) is 0 Å². The van der Waals surface area contributed by atoms with Crippen LogP contribution in [0.4, 0.5) is 0 Å². The van der Waals surface area contributed by atoms with Gasteiger partial charge in [0.2, 0.25) is 0 Å². The molecule has 1 aromatic rings. The molecule has 1 aliphatic heterocycles. The summed E-state index contributed by atoms with van der Waals surface area (Å²) in [5, 5.41) is 28.1. The third-order valence-electron chi connectivity index (χ3n) is 3.01. The van der Waals surface area contributed by atoms with Gasteiger partial charge in [-0.25, -0.2) is 0 Å². The average molecular weight is 264 g/mol. The van der Waals surface area contributed by atoms with Gasteiger partial charge in [0.25, 0.3) is 0 Å². The Kier molecular flexibility index (Phi) is 4.53. The molecule has 102 valence electrons. The summed E-state index contributed by atoms with van der Waals surface area (Å²) in [6, 6.07) is 7.33. The van der Waals surface area contributed by atoms with Crippen molar-refractivity contribution >= 4 is 0 Å². The van der Waals surface area contributed by atoms with E-state index in [-0.39, 0.29) is 6.61 Å². The van der Waals surface area contributed by atoms with E-state index >= 15 is 0 Å². The van der Waals surface area contributed by atoms with E-state index in [1.807, 2.05) is 24.3 Å². The number of aliphatic hydroxyl groups excluding tert-OH is 3. The minimum Gasteiger partial charge on any atom is -0.387 e. The Balaban J connectivity index is 1.79. The van der Waals surface area contributed by atoms with E-state index in [1.165, 1.54) is 0 Å². The van der Waals surface area contributed by atoms with E-state index in [0.717, 1.165) is 11.1 Å². The molecule has 3 N–H and O–H groups in total. The van der Waals surface area contributed by atoms with Crippen LogP contribution in [0.15, 0.2) is 24.3 Å². The lowest BCUT2D eigenvalue weighted by molar-refractivity contribution is -0.137. The van der Waals surface area contributed by atoms with Crippen molar-refractivity contribution in [3.63, 3.8) is 0 Å². The van der Waals surface area contributed by atoms with Gasteiger partial charge in [-0.2, -0.15) is 0 Å². The fourth-order valence-electron chi connectivity index (χ4n) is 1.86. The fourth-order valence-corrected chi connectivity index (χ4v) is 1.86. The molecule has 19 heavy (non-hydrogen) atoms. The zero-order valence-corrected chi connectivity index (χ0v) is 10.3. The molecule has 2 rings (SSSR count). The van der Waals surface area contributed by atoms with Crippen LogP contribution in [0.25, 0.3) is 0 Å². The van der Waals surface area contributed by atoms with Crippen LogP contribution in [-0.4, -0.2) is 46.5 Å². The van der Waals surface area contributed by atoms with E-state index in [9.17, 15) is 15.3 Å². The molecule has 0 amide bonds. The van der Waals surface area contributed by atoms with Crippen LogP contribution in [0.2, 0.25) is 0 Å². The zero-order chi connectivity index (χ0) is 13.8. The van der Waals surface area contributed by atoms with E-state index in [2.05, 4.69) is 5.92 Å². The Morgan fingerprint density at radius 1 is 1.16 bits per heavy atom. The molecule has 5 heteroatoms. The molecule has 0 radical (unpaired) electrons. The first-order valence-electron chi connectivity index (χ1n) is 5.95. The van der Waals surface area contributed by atoms with Crippen LogP contribution in [0.5, 0.6) is 0 Å². The van der Waals surface area contributed by atoms with Crippen molar-refractivity contribution in [3.8, 4) is 12.3 Å². The van der Waals surface area contributed by atoms with Gasteiger partial charge in [-0.15, -0.1) is 6.42 Å². The number of hydrogen-bond donors (Lipinski definition) is 3. The SMILES string of the molecule is C#Cc1ccc(COC[C@H]2OC(O)C(O)[C@H]2O)cc1. The van der Waals surface area contributed by atoms with E-state index in [0.29, 0.717) is 6.61 Å². The molecule has 0 spiro atoms. The summed E-state index contributed by atoms with van der Waals surface area (Å²) in [6.07, 6.45) is 0.733. The van der Waals surface area contributed by atoms with Crippen LogP contribution in [0.1, 0.15) is 11.1 Å². The highest BCUT2D eigenvalue weighted by molar-refractivity contribution is 5.33. The van der Waals surface area contributed by atoms with Gasteiger partial charge in [-0.3, -0.25) is 0 Å². The van der Waals surface area contributed by atoms with E-state index in [4.69, 9.17) is 15.9 Å². The molecule has 1 saturated heterocycles. The van der Waals surface area contributed by atoms with Crippen molar-refractivity contribution in [2.75, 3.05) is 6.61 Å². The Labute approximate surface area is 111 Å². The first kappa shape index (κ1) is 14.0. The van der Waals surface area contributed by atoms with Crippen LogP contribution in [0, 0.1) is 12.3 Å². The Hall–Kier alpha value is -1.42. The quantitative estimate of drug-likeness (QED) is 0.646. The number of rotatable bonds is 4. The number of hydrogen-bond acceptors (Lipinski definition) is 5. The summed E-state index contributed by atoms with van der Waals surface area (Å²) < 4.78 is 10.3. The van der Waals surface area contributed by atoms with Crippen LogP contribution in [-0.2, 0) is 16.1 Å². The van der Waals surface area contributed by atoms with Crippen LogP contribution in [0.3, 0.4) is 0 Å². The van der Waals surface area contributed by atoms with Gasteiger partial charge in [-0.1, -0.05) is 18.1 Å². The van der Waals surface area contributed by atoms with Crippen molar-refractivity contribution in [1.29, 1.82) is 0 Å². The molecule has 0 aliphatic carbocycles. The number of ether oxygens (including phenoxy) is 2. The molecule has 1 heterocycles. The predicted molar refractivity (Wildman–Crippen MR) is 66.9 cm³/mol. The lowest BCUT2D eigenvalue weighted by Crippen LogP contribution is -2.34. The maximum Gasteiger partial charge on any atom is 0.184 e. The maximum absolute atomic E-state index is 9.56. The first-order chi connectivity index (χ1) is 9.11. The maximum atomic E-state index is 9.56. The van der Waals surface area contributed by atoms with Gasteiger partial charge in [-0.05, 0) is 17.7 Å². The molecule has 0 saturated carbocycles. The second-order valence-electron chi connectivity index (χ2n) is 4.40. The van der Waals surface area contributed by atoms with Gasteiger partial charge >= 0.3 is 0 Å². The molecule has 1 fully saturated rings. The second kappa shape index (κ2) is 6.15. The number of aliphatic hydroxyl groups is 3. The topological polar surface area (TPSA) is 79.2 Å². The molecule has 1 aliphatic rings. The van der Waals surface area contributed by atoms with E-state index < -0.39 is 24.6 Å². The van der Waals surface area contributed by atoms with E-state index in [1.54, 1.807) is 0 Å². The summed E-state index contributed by atoms with van der Waals surface area (Å²) >= 11 is 0. The average Bonchev–Trinajstić information content (AvgIpc) is 2.67. The molecule has 5 nitrogen and oxygen atoms in total. The Morgan fingerprint density at radius 3 is 2.37 bits per heavy atom. The fraction of sp³-hybridized carbons (Fsp3) is 0.429. The summed E-state index contributed by atoms with van der Waals surface area (Å²) in [5.41, 5.74) is 1.73. The standard InChI is InChI=1S/C14H16O5/c1-2-9-3-5-10(6-4-9)7-18-8-11-12(15)13(16)14(17)19-11/h1,3-6,11-17H,7-8H2/t11-,12+,13?,14?/m1/s1. The number of benzene rings is 1. The third-order valence-corrected chi connectivity index (χ3v) is 3.01. The molecular formula is C14H16O5. The number of terminal acetylenes is 1. The predicted octanol–water partition coefficient (Wildman–Crippen LogP) is -0.377. The van der Waals surface area contributed by atoms with Gasteiger partial charge in [0, 0.05) is 5.56 Å². The molecule has 1 aromatic carbocycles. The van der Waals surface area contributed by atoms with Crippen molar-refractivity contribution < 1.29 is 24.8 Å². The molecule has 0 aromatic heterocycles. The largest absolute Gasteiger partial charge is 0.387 e. The zero-order valence-electron chi connectivity index (χ0n) is 10.3. The molecular weight excluding hydrogens is 248 g/mol. The van der Waals surface area contributed by atoms with Gasteiger partial charge in [0.15, 0.2) is 6.29 Å². The molecule has 4 atom stereocenters. The van der Waals surface area contributed by atoms with Crippen molar-refractivity contribution in [3.05, 3.63) is 35.4 Å². The summed E-state index contributed by atoms with van der Waals surface area (Å²) in [4.78, 5) is 0. The summed E-state index contributed by atoms with van der Waals surface area (Å²) in [6.45, 7) is 0.426. The normalized spacial score (nSPS) is 30.2. The minimum absolute atomic E-state index is 0.0895. The minimum atomic E-state index is -1.36. The van der Waals surface area contributed by atoms with Crippen molar-refractivity contribution in [2.24, 2.45) is 0 Å². The van der Waals surface area contributed by atoms with Crippen LogP contribution >= 0.6 is 0 Å². The lowest BCUT2D eigenvalue weighted by atomic mass is 10.1.